The van der Waals surface area contributed by atoms with Crippen molar-refractivity contribution in [2.45, 2.75) is 45.8 Å². The Balaban J connectivity index is 1.99. The van der Waals surface area contributed by atoms with Gasteiger partial charge in [0.25, 0.3) is 0 Å². The third kappa shape index (κ3) is 4.23. The first-order valence-corrected chi connectivity index (χ1v) is 9.23. The Morgan fingerprint density at radius 2 is 1.68 bits per heavy atom. The van der Waals surface area contributed by atoms with E-state index >= 15 is 0 Å². The van der Waals surface area contributed by atoms with Crippen LogP contribution in [0.5, 0.6) is 0 Å². The number of ether oxygens (including phenoxy) is 2. The smallest absolute Gasteiger partial charge is 0.149 e. The third-order valence-corrected chi connectivity index (χ3v) is 4.76. The van der Waals surface area contributed by atoms with Crippen LogP contribution in [-0.2, 0) is 9.47 Å². The molecular weight excluding hydrogens is 316 g/mol. The van der Waals surface area contributed by atoms with E-state index in [2.05, 4.69) is 29.7 Å². The molecule has 1 aromatic rings. The zero-order valence-corrected chi connectivity index (χ0v) is 15.5. The van der Waals surface area contributed by atoms with Crippen LogP contribution in [0.1, 0.15) is 37.9 Å². The Labute approximate surface area is 150 Å². The van der Waals surface area contributed by atoms with Crippen molar-refractivity contribution in [3.63, 3.8) is 0 Å². The van der Waals surface area contributed by atoms with E-state index < -0.39 is 0 Å². The number of aromatic nitrogens is 1. The van der Waals surface area contributed by atoms with Crippen LogP contribution in [0.25, 0.3) is 0 Å². The summed E-state index contributed by atoms with van der Waals surface area (Å²) in [4.78, 5) is 9.23. The second kappa shape index (κ2) is 8.03. The molecule has 2 aliphatic heterocycles. The van der Waals surface area contributed by atoms with Gasteiger partial charge in [-0.25, -0.2) is 4.98 Å². The van der Waals surface area contributed by atoms with E-state index in [1.165, 1.54) is 0 Å². The van der Waals surface area contributed by atoms with Crippen molar-refractivity contribution >= 4 is 11.5 Å². The van der Waals surface area contributed by atoms with Crippen molar-refractivity contribution in [1.82, 2.24) is 4.98 Å². The Hall–Kier alpha value is -1.84. The van der Waals surface area contributed by atoms with E-state index in [1.807, 2.05) is 13.0 Å². The van der Waals surface area contributed by atoms with Crippen LogP contribution < -0.4 is 9.80 Å². The van der Waals surface area contributed by atoms with Gasteiger partial charge >= 0.3 is 0 Å². The van der Waals surface area contributed by atoms with Gasteiger partial charge in [-0.1, -0.05) is 0 Å². The second-order valence-electron chi connectivity index (χ2n) is 7.06. The molecule has 6 nitrogen and oxygen atoms in total. The number of anilines is 2. The number of hydrogen-bond donors (Lipinski definition) is 0. The molecule has 25 heavy (non-hydrogen) atoms. The standard InChI is InChI=1S/C19H28N4O2/c1-14-10-18(22-6-4-8-24-15(2)12-22)17(11-20)19(21-14)23-7-5-9-25-16(3)13-23/h10,15-16H,4-9,12-13H2,1-3H3. The molecule has 2 atom stereocenters. The monoisotopic (exact) mass is 344 g/mol. The quantitative estimate of drug-likeness (QED) is 0.821. The van der Waals surface area contributed by atoms with E-state index in [4.69, 9.17) is 14.5 Å². The molecule has 1 aromatic heterocycles. The van der Waals surface area contributed by atoms with Crippen LogP contribution in [0.2, 0.25) is 0 Å². The zero-order chi connectivity index (χ0) is 17.8. The molecule has 0 bridgehead atoms. The van der Waals surface area contributed by atoms with Crippen molar-refractivity contribution in [3.8, 4) is 6.07 Å². The molecular formula is C19H28N4O2. The Morgan fingerprint density at radius 3 is 2.32 bits per heavy atom. The third-order valence-electron chi connectivity index (χ3n) is 4.76. The highest BCUT2D eigenvalue weighted by Gasteiger charge is 2.25. The summed E-state index contributed by atoms with van der Waals surface area (Å²) in [6.07, 6.45) is 2.24. The number of nitriles is 1. The van der Waals surface area contributed by atoms with Gasteiger partial charge < -0.3 is 19.3 Å². The fourth-order valence-corrected chi connectivity index (χ4v) is 3.63. The largest absolute Gasteiger partial charge is 0.377 e. The highest BCUT2D eigenvalue weighted by atomic mass is 16.5. The number of nitrogens with zero attached hydrogens (tertiary/aromatic N) is 4. The van der Waals surface area contributed by atoms with Crippen LogP contribution in [0.15, 0.2) is 6.07 Å². The number of pyridine rings is 1. The van der Waals surface area contributed by atoms with Gasteiger partial charge in [-0.15, -0.1) is 0 Å². The number of hydrogen-bond acceptors (Lipinski definition) is 6. The highest BCUT2D eigenvalue weighted by molar-refractivity contribution is 5.70. The summed E-state index contributed by atoms with van der Waals surface area (Å²) in [5, 5.41) is 9.92. The number of aryl methyl sites for hydroxylation is 1. The van der Waals surface area contributed by atoms with Crippen molar-refractivity contribution in [1.29, 1.82) is 5.26 Å². The summed E-state index contributed by atoms with van der Waals surface area (Å²) in [5.74, 6) is 0.799. The summed E-state index contributed by atoms with van der Waals surface area (Å²) < 4.78 is 11.5. The van der Waals surface area contributed by atoms with Gasteiger partial charge in [0.15, 0.2) is 0 Å². The molecule has 2 aliphatic rings. The molecule has 0 aliphatic carbocycles. The molecule has 0 aromatic carbocycles. The maximum absolute atomic E-state index is 9.92. The lowest BCUT2D eigenvalue weighted by atomic mass is 10.1. The van der Waals surface area contributed by atoms with Crippen molar-refractivity contribution in [2.24, 2.45) is 0 Å². The van der Waals surface area contributed by atoms with Gasteiger partial charge in [-0.3, -0.25) is 0 Å². The van der Waals surface area contributed by atoms with Gasteiger partial charge in [0.1, 0.15) is 17.5 Å². The lowest BCUT2D eigenvalue weighted by molar-refractivity contribution is 0.0819. The van der Waals surface area contributed by atoms with E-state index in [0.29, 0.717) is 5.56 Å². The molecule has 6 heteroatoms. The van der Waals surface area contributed by atoms with Crippen LogP contribution in [-0.4, -0.2) is 56.6 Å². The van der Waals surface area contributed by atoms with E-state index in [9.17, 15) is 5.26 Å². The predicted molar refractivity (Wildman–Crippen MR) is 98.2 cm³/mol. The molecule has 3 heterocycles. The van der Waals surface area contributed by atoms with E-state index in [-0.39, 0.29) is 12.2 Å². The molecule has 2 saturated heterocycles. The molecule has 0 radical (unpaired) electrons. The summed E-state index contributed by atoms with van der Waals surface area (Å²) in [5.41, 5.74) is 2.61. The van der Waals surface area contributed by atoms with Crippen LogP contribution >= 0.6 is 0 Å². The average Bonchev–Trinajstić information content (AvgIpc) is 2.93. The Bertz CT molecular complexity index is 598. The summed E-state index contributed by atoms with van der Waals surface area (Å²) in [6.45, 7) is 11.1. The molecule has 0 saturated carbocycles. The maximum Gasteiger partial charge on any atom is 0.149 e. The lowest BCUT2D eigenvalue weighted by Gasteiger charge is -2.29. The van der Waals surface area contributed by atoms with Crippen LogP contribution in [0.4, 0.5) is 11.5 Å². The fraction of sp³-hybridized carbons (Fsp3) is 0.684. The first-order valence-electron chi connectivity index (χ1n) is 9.23. The second-order valence-corrected chi connectivity index (χ2v) is 7.06. The van der Waals surface area contributed by atoms with Gasteiger partial charge in [-0.05, 0) is 39.7 Å². The molecule has 136 valence electrons. The first kappa shape index (κ1) is 18.0. The molecule has 0 amide bonds. The molecule has 2 unspecified atom stereocenters. The van der Waals surface area contributed by atoms with Gasteiger partial charge in [-0.2, -0.15) is 5.26 Å². The van der Waals surface area contributed by atoms with Crippen molar-refractivity contribution < 1.29 is 9.47 Å². The van der Waals surface area contributed by atoms with E-state index in [0.717, 1.165) is 69.4 Å². The molecule has 3 rings (SSSR count). The molecule has 2 fully saturated rings. The minimum atomic E-state index is 0.145. The average molecular weight is 344 g/mol. The van der Waals surface area contributed by atoms with Crippen LogP contribution in [0.3, 0.4) is 0 Å². The summed E-state index contributed by atoms with van der Waals surface area (Å²) in [6, 6.07) is 4.47. The summed E-state index contributed by atoms with van der Waals surface area (Å²) in [7, 11) is 0. The summed E-state index contributed by atoms with van der Waals surface area (Å²) >= 11 is 0. The van der Waals surface area contributed by atoms with Crippen molar-refractivity contribution in [2.75, 3.05) is 49.2 Å². The van der Waals surface area contributed by atoms with Crippen LogP contribution in [0, 0.1) is 18.3 Å². The minimum Gasteiger partial charge on any atom is -0.377 e. The lowest BCUT2D eigenvalue weighted by Crippen LogP contribution is -2.34. The maximum atomic E-state index is 9.92. The van der Waals surface area contributed by atoms with Gasteiger partial charge in [0.2, 0.25) is 0 Å². The minimum absolute atomic E-state index is 0.145. The predicted octanol–water partition coefficient (Wildman–Crippen LogP) is 2.49. The Kier molecular flexibility index (Phi) is 5.77. The topological polar surface area (TPSA) is 61.6 Å². The fourth-order valence-electron chi connectivity index (χ4n) is 3.63. The first-order chi connectivity index (χ1) is 12.1. The highest BCUT2D eigenvalue weighted by Crippen LogP contribution is 2.31. The SMILES string of the molecule is Cc1cc(N2CCCOC(C)C2)c(C#N)c(N2CCCOC(C)C2)n1. The Morgan fingerprint density at radius 1 is 1.08 bits per heavy atom. The van der Waals surface area contributed by atoms with E-state index in [1.54, 1.807) is 0 Å². The molecule has 0 spiro atoms. The van der Waals surface area contributed by atoms with Crippen molar-refractivity contribution in [3.05, 3.63) is 17.3 Å². The zero-order valence-electron chi connectivity index (χ0n) is 15.5. The number of rotatable bonds is 2. The van der Waals surface area contributed by atoms with Gasteiger partial charge in [0.05, 0.1) is 17.9 Å². The van der Waals surface area contributed by atoms with Gasteiger partial charge in [0, 0.05) is 45.1 Å². The normalized spacial score (nSPS) is 25.2. The molecule has 0 N–H and O–H groups in total.